The number of nitrogens with one attached hydrogen (secondary N) is 1. The van der Waals surface area contributed by atoms with E-state index in [9.17, 15) is 24.0 Å². The van der Waals surface area contributed by atoms with Gasteiger partial charge < -0.3 is 24.8 Å². The Bertz CT molecular complexity index is 2450. The zero-order chi connectivity index (χ0) is 48.0. The van der Waals surface area contributed by atoms with Crippen LogP contribution in [0.25, 0.3) is 21.8 Å². The minimum atomic E-state index is -0.816. The predicted octanol–water partition coefficient (Wildman–Crippen LogP) is 7.97. The second-order valence-corrected chi connectivity index (χ2v) is 21.0. The molecule has 7 rings (SSSR count). The third-order valence-corrected chi connectivity index (χ3v) is 15.0. The summed E-state index contributed by atoms with van der Waals surface area (Å²) < 4.78 is 8.93. The first kappa shape index (κ1) is 49.8. The number of benzene rings is 2. The van der Waals surface area contributed by atoms with Gasteiger partial charge in [0.15, 0.2) is 6.73 Å². The highest BCUT2D eigenvalue weighted by Crippen LogP contribution is 2.32. The molecule has 5 heterocycles. The number of amides is 3. The van der Waals surface area contributed by atoms with Crippen LogP contribution in [0.1, 0.15) is 133 Å². The lowest BCUT2D eigenvalue weighted by Gasteiger charge is -2.43. The molecule has 3 saturated heterocycles. The molecule has 3 fully saturated rings. The number of piperazine rings is 1. The molecule has 4 aromatic rings. The van der Waals surface area contributed by atoms with Gasteiger partial charge in [-0.15, -0.1) is 0 Å². The fourth-order valence-corrected chi connectivity index (χ4v) is 10.5. The number of nitrogens with zero attached hydrogens (tertiary/aromatic N) is 7. The molecular formula is C53H76N8O6. The standard InChI is InChI=1S/C53H76N8O6/c1-9-11-21-52(4,5)49(64)61-46-37(3)31-38(32-41(46)35-54-61)33-44(48(63)58-29-27-57(28-30-58)42-19-23-56(8)24-20-42)55-51(66)59-25-17-39(18-26-59)43-34-40-15-13-14-16-45(40)60(47(43)62)36-67-50(65)53(6,7)22-12-10-2/h13-16,31-32,34-35,39,42,44H,9-12,17-30,33,36H2,1-8H3,(H,55,66)/t44-/m1/s1. The molecule has 0 unspecified atom stereocenters. The second-order valence-electron chi connectivity index (χ2n) is 21.0. The topological polar surface area (TPSA) is 142 Å². The Kier molecular flexibility index (Phi) is 16.0. The van der Waals surface area contributed by atoms with E-state index in [2.05, 4.69) is 41.1 Å². The van der Waals surface area contributed by atoms with E-state index in [4.69, 9.17) is 4.74 Å². The Balaban J connectivity index is 1.07. The fraction of sp³-hybridized carbons (Fsp3) is 0.623. The quantitative estimate of drug-likeness (QED) is 0.111. The van der Waals surface area contributed by atoms with E-state index in [1.807, 2.05) is 82.0 Å². The molecule has 0 bridgehead atoms. The van der Waals surface area contributed by atoms with Crippen LogP contribution in [-0.4, -0.2) is 129 Å². The third kappa shape index (κ3) is 11.4. The van der Waals surface area contributed by atoms with Crippen LogP contribution in [0.5, 0.6) is 0 Å². The zero-order valence-corrected chi connectivity index (χ0v) is 41.6. The number of likely N-dealkylation sites (tertiary alicyclic amines) is 2. The minimum absolute atomic E-state index is 0.0376. The molecule has 2 aromatic carbocycles. The third-order valence-electron chi connectivity index (χ3n) is 15.0. The number of carbonyl (C=O) groups excluding carboxylic acids is 4. The molecule has 0 aliphatic carbocycles. The molecule has 0 spiro atoms. The van der Waals surface area contributed by atoms with E-state index in [-0.39, 0.29) is 48.4 Å². The molecule has 1 atom stereocenters. The van der Waals surface area contributed by atoms with Crippen LogP contribution in [0.15, 0.2) is 53.5 Å². The van der Waals surface area contributed by atoms with Crippen molar-refractivity contribution in [2.45, 2.75) is 144 Å². The smallest absolute Gasteiger partial charge is 0.318 e. The number of aromatic nitrogens is 3. The van der Waals surface area contributed by atoms with Crippen LogP contribution in [-0.2, 0) is 27.5 Å². The van der Waals surface area contributed by atoms with Crippen molar-refractivity contribution in [1.29, 1.82) is 0 Å². The van der Waals surface area contributed by atoms with Crippen LogP contribution in [0.2, 0.25) is 0 Å². The van der Waals surface area contributed by atoms with E-state index in [1.165, 1.54) is 0 Å². The predicted molar refractivity (Wildman–Crippen MR) is 264 cm³/mol. The highest BCUT2D eigenvalue weighted by Gasteiger charge is 2.36. The highest BCUT2D eigenvalue weighted by atomic mass is 16.5. The molecule has 364 valence electrons. The van der Waals surface area contributed by atoms with Crippen LogP contribution >= 0.6 is 0 Å². The number of urea groups is 1. The second kappa shape index (κ2) is 21.5. The van der Waals surface area contributed by atoms with Crippen molar-refractivity contribution >= 4 is 45.6 Å². The van der Waals surface area contributed by atoms with Crippen molar-refractivity contribution in [3.05, 3.63) is 75.7 Å². The van der Waals surface area contributed by atoms with Crippen molar-refractivity contribution in [3.63, 3.8) is 0 Å². The average Bonchev–Trinajstić information content (AvgIpc) is 3.76. The first-order chi connectivity index (χ1) is 32.0. The maximum atomic E-state index is 14.6. The normalized spacial score (nSPS) is 17.9. The number of aryl methyl sites for hydroxylation is 1. The van der Waals surface area contributed by atoms with Crippen molar-refractivity contribution in [2.24, 2.45) is 10.8 Å². The summed E-state index contributed by atoms with van der Waals surface area (Å²) in [7, 11) is 2.17. The number of piperidine rings is 2. The highest BCUT2D eigenvalue weighted by molar-refractivity contribution is 5.95. The molecule has 67 heavy (non-hydrogen) atoms. The van der Waals surface area contributed by atoms with Crippen molar-refractivity contribution < 1.29 is 23.9 Å². The SMILES string of the molecule is CCCCC(C)(C)C(=O)OCn1c(=O)c(C2CCN(C(=O)N[C@H](Cc3cc(C)c4c(cnn4C(=O)C(C)(C)CCCC)c3)C(=O)N3CCN(C4CCN(C)CC4)CC3)CC2)cc2ccccc21. The van der Waals surface area contributed by atoms with Gasteiger partial charge in [0.2, 0.25) is 5.91 Å². The number of rotatable bonds is 16. The van der Waals surface area contributed by atoms with E-state index >= 15 is 0 Å². The van der Waals surface area contributed by atoms with E-state index in [1.54, 1.807) is 20.3 Å². The Labute approximate surface area is 397 Å². The monoisotopic (exact) mass is 921 g/mol. The van der Waals surface area contributed by atoms with Gasteiger partial charge >= 0.3 is 12.0 Å². The number of esters is 1. The van der Waals surface area contributed by atoms with Gasteiger partial charge in [0.25, 0.3) is 11.5 Å². The molecule has 14 nitrogen and oxygen atoms in total. The van der Waals surface area contributed by atoms with Gasteiger partial charge in [0.05, 0.1) is 22.6 Å². The van der Waals surface area contributed by atoms with Crippen LogP contribution in [0.4, 0.5) is 4.79 Å². The summed E-state index contributed by atoms with van der Waals surface area (Å²) in [6, 6.07) is 13.0. The summed E-state index contributed by atoms with van der Waals surface area (Å²) >= 11 is 0. The summed E-state index contributed by atoms with van der Waals surface area (Å²) in [5, 5.41) is 9.46. The number of para-hydroxylation sites is 1. The van der Waals surface area contributed by atoms with Gasteiger partial charge in [-0.05, 0) is 120 Å². The van der Waals surface area contributed by atoms with Gasteiger partial charge in [-0.2, -0.15) is 9.78 Å². The number of fused-ring (bicyclic) bond motifs is 2. The maximum absolute atomic E-state index is 14.6. The molecule has 0 saturated carbocycles. The largest absolute Gasteiger partial charge is 0.443 e. The van der Waals surface area contributed by atoms with E-state index in [0.29, 0.717) is 62.6 Å². The number of pyridine rings is 1. The summed E-state index contributed by atoms with van der Waals surface area (Å²) in [5.41, 5.74) is 2.47. The lowest BCUT2D eigenvalue weighted by Crippen LogP contribution is -2.59. The number of carbonyl (C=O) groups is 4. The van der Waals surface area contributed by atoms with Crippen LogP contribution < -0.4 is 10.9 Å². The number of ether oxygens (including phenoxy) is 1. The fourth-order valence-electron chi connectivity index (χ4n) is 10.5. The molecule has 3 amide bonds. The van der Waals surface area contributed by atoms with Gasteiger partial charge in [-0.3, -0.25) is 28.6 Å². The molecule has 3 aliphatic rings. The summed E-state index contributed by atoms with van der Waals surface area (Å²) in [6.07, 6.45) is 10.7. The molecule has 1 N–H and O–H groups in total. The van der Waals surface area contributed by atoms with Crippen molar-refractivity contribution in [3.8, 4) is 0 Å². The first-order valence-electron chi connectivity index (χ1n) is 25.1. The number of hydrogen-bond donors (Lipinski definition) is 1. The van der Waals surface area contributed by atoms with E-state index in [0.717, 1.165) is 98.5 Å². The van der Waals surface area contributed by atoms with Crippen LogP contribution in [0.3, 0.4) is 0 Å². The Morgan fingerprint density at radius 2 is 1.46 bits per heavy atom. The summed E-state index contributed by atoms with van der Waals surface area (Å²) in [6.45, 7) is 19.5. The molecule has 0 radical (unpaired) electrons. The Morgan fingerprint density at radius 1 is 0.806 bits per heavy atom. The van der Waals surface area contributed by atoms with Crippen molar-refractivity contribution in [1.82, 2.24) is 39.3 Å². The first-order valence-corrected chi connectivity index (χ1v) is 25.1. The molecule has 2 aromatic heterocycles. The van der Waals surface area contributed by atoms with E-state index < -0.39 is 16.9 Å². The van der Waals surface area contributed by atoms with Crippen molar-refractivity contribution in [2.75, 3.05) is 59.4 Å². The van der Waals surface area contributed by atoms with Gasteiger partial charge in [-0.1, -0.05) is 77.6 Å². The summed E-state index contributed by atoms with van der Waals surface area (Å²) in [5.74, 6) is -0.570. The number of hydrogen-bond acceptors (Lipinski definition) is 9. The molecular weight excluding hydrogens is 845 g/mol. The Hall–Kier alpha value is -5.08. The molecule has 14 heteroatoms. The van der Waals surface area contributed by atoms with Gasteiger partial charge in [-0.25, -0.2) is 4.79 Å². The number of unbranched alkanes of at least 4 members (excludes halogenated alkanes) is 2. The van der Waals surface area contributed by atoms with Gasteiger partial charge in [0.1, 0.15) is 6.04 Å². The lowest BCUT2D eigenvalue weighted by atomic mass is 9.86. The maximum Gasteiger partial charge on any atom is 0.318 e. The zero-order valence-electron chi connectivity index (χ0n) is 41.6. The average molecular weight is 921 g/mol. The lowest BCUT2D eigenvalue weighted by molar-refractivity contribution is -0.158. The minimum Gasteiger partial charge on any atom is -0.443 e. The summed E-state index contributed by atoms with van der Waals surface area (Å²) in [4.78, 5) is 78.7. The van der Waals surface area contributed by atoms with Crippen LogP contribution in [0, 0.1) is 17.8 Å². The van der Waals surface area contributed by atoms with Gasteiger partial charge in [0, 0.05) is 68.1 Å². The Morgan fingerprint density at radius 3 is 2.13 bits per heavy atom. The molecule has 3 aliphatic heterocycles.